The summed E-state index contributed by atoms with van der Waals surface area (Å²) in [5, 5.41) is 11.8. The third-order valence-corrected chi connectivity index (χ3v) is 3.80. The smallest absolute Gasteiger partial charge is 0.303 e. The van der Waals surface area contributed by atoms with Crippen molar-refractivity contribution in [2.45, 2.75) is 57.8 Å². The van der Waals surface area contributed by atoms with E-state index in [0.29, 0.717) is 13.0 Å². The van der Waals surface area contributed by atoms with Crippen LogP contribution < -0.4 is 5.32 Å². The first-order valence-corrected chi connectivity index (χ1v) is 7.00. The highest BCUT2D eigenvalue weighted by Gasteiger charge is 2.37. The number of carbonyl (C=O) groups excluding carboxylic acids is 1. The zero-order valence-electron chi connectivity index (χ0n) is 11.4. The molecular formula is C15H23NO3. The van der Waals surface area contributed by atoms with E-state index in [9.17, 15) is 9.59 Å². The van der Waals surface area contributed by atoms with Crippen molar-refractivity contribution < 1.29 is 14.7 Å². The molecular weight excluding hydrogens is 242 g/mol. The minimum atomic E-state index is -0.802. The molecule has 0 aromatic heterocycles. The molecule has 1 aliphatic rings. The van der Waals surface area contributed by atoms with Gasteiger partial charge in [0.1, 0.15) is 0 Å². The number of carboxylic acid groups (broad SMARTS) is 1. The van der Waals surface area contributed by atoms with Crippen molar-refractivity contribution in [2.24, 2.45) is 5.41 Å². The molecule has 1 amide bonds. The van der Waals surface area contributed by atoms with Crippen LogP contribution in [0.4, 0.5) is 0 Å². The van der Waals surface area contributed by atoms with Crippen LogP contribution in [0.15, 0.2) is 0 Å². The number of terminal acetylenes is 1. The Bertz CT molecular complexity index is 351. The monoisotopic (exact) mass is 265 g/mol. The van der Waals surface area contributed by atoms with Crippen LogP contribution in [0.25, 0.3) is 0 Å². The molecule has 0 bridgehead atoms. The van der Waals surface area contributed by atoms with E-state index in [-0.39, 0.29) is 17.7 Å². The molecule has 4 nitrogen and oxygen atoms in total. The van der Waals surface area contributed by atoms with Crippen molar-refractivity contribution in [2.75, 3.05) is 6.54 Å². The second-order valence-corrected chi connectivity index (χ2v) is 5.47. The average molecular weight is 265 g/mol. The maximum atomic E-state index is 11.9. The number of amides is 1. The second-order valence-electron chi connectivity index (χ2n) is 5.47. The number of hydrogen-bond acceptors (Lipinski definition) is 2. The Hall–Kier alpha value is -1.50. The van der Waals surface area contributed by atoms with E-state index in [2.05, 4.69) is 11.2 Å². The molecule has 0 aromatic carbocycles. The lowest BCUT2D eigenvalue weighted by Crippen LogP contribution is -2.32. The first kappa shape index (κ1) is 15.6. The molecule has 2 N–H and O–H groups in total. The maximum absolute atomic E-state index is 11.9. The molecule has 1 rings (SSSR count). The Morgan fingerprint density at radius 2 is 1.89 bits per heavy atom. The molecule has 0 aromatic rings. The van der Waals surface area contributed by atoms with Crippen LogP contribution in [0.5, 0.6) is 0 Å². The third kappa shape index (κ3) is 5.78. The summed E-state index contributed by atoms with van der Waals surface area (Å²) < 4.78 is 0. The van der Waals surface area contributed by atoms with E-state index < -0.39 is 5.97 Å². The zero-order valence-corrected chi connectivity index (χ0v) is 11.4. The molecule has 0 radical (unpaired) electrons. The standard InChI is InChI=1S/C15H23NO3/c1-2-3-4-7-10-16-13(17)11-15(12-14(18)19)8-5-6-9-15/h1H,3-12H2,(H,16,17)(H,18,19). The van der Waals surface area contributed by atoms with Gasteiger partial charge in [-0.15, -0.1) is 12.3 Å². The van der Waals surface area contributed by atoms with Crippen LogP contribution in [-0.4, -0.2) is 23.5 Å². The summed E-state index contributed by atoms with van der Waals surface area (Å²) in [6, 6.07) is 0. The van der Waals surface area contributed by atoms with E-state index in [0.717, 1.165) is 44.9 Å². The van der Waals surface area contributed by atoms with Crippen molar-refractivity contribution in [3.05, 3.63) is 0 Å². The summed E-state index contributed by atoms with van der Waals surface area (Å²) >= 11 is 0. The van der Waals surface area contributed by atoms with Crippen molar-refractivity contribution in [3.63, 3.8) is 0 Å². The molecule has 0 aliphatic heterocycles. The fraction of sp³-hybridized carbons (Fsp3) is 0.733. The molecule has 0 saturated heterocycles. The third-order valence-electron chi connectivity index (χ3n) is 3.80. The van der Waals surface area contributed by atoms with Gasteiger partial charge in [0.15, 0.2) is 0 Å². The van der Waals surface area contributed by atoms with Gasteiger partial charge in [0.2, 0.25) is 5.91 Å². The summed E-state index contributed by atoms with van der Waals surface area (Å²) in [7, 11) is 0. The van der Waals surface area contributed by atoms with Gasteiger partial charge in [-0.2, -0.15) is 0 Å². The highest BCUT2D eigenvalue weighted by atomic mass is 16.4. The Kier molecular flexibility index (Phi) is 6.41. The lowest BCUT2D eigenvalue weighted by molar-refractivity contribution is -0.140. The van der Waals surface area contributed by atoms with Gasteiger partial charge in [0, 0.05) is 19.4 Å². The SMILES string of the molecule is C#CCCCCNC(=O)CC1(CC(=O)O)CCCC1. The van der Waals surface area contributed by atoms with Crippen molar-refractivity contribution in [1.29, 1.82) is 0 Å². The largest absolute Gasteiger partial charge is 0.481 e. The highest BCUT2D eigenvalue weighted by Crippen LogP contribution is 2.43. The fourth-order valence-corrected chi connectivity index (χ4v) is 2.84. The van der Waals surface area contributed by atoms with Crippen molar-refractivity contribution >= 4 is 11.9 Å². The molecule has 0 unspecified atom stereocenters. The Labute approximate surface area is 115 Å². The van der Waals surface area contributed by atoms with E-state index in [1.165, 1.54) is 0 Å². The normalized spacial score (nSPS) is 16.8. The van der Waals surface area contributed by atoms with Crippen molar-refractivity contribution in [1.82, 2.24) is 5.32 Å². The maximum Gasteiger partial charge on any atom is 0.303 e. The Morgan fingerprint density at radius 3 is 2.47 bits per heavy atom. The summed E-state index contributed by atoms with van der Waals surface area (Å²) in [6.07, 6.45) is 11.9. The summed E-state index contributed by atoms with van der Waals surface area (Å²) in [5.74, 6) is 1.74. The van der Waals surface area contributed by atoms with E-state index in [1.807, 2.05) is 0 Å². The number of nitrogens with one attached hydrogen (secondary N) is 1. The van der Waals surface area contributed by atoms with Gasteiger partial charge >= 0.3 is 5.97 Å². The first-order chi connectivity index (χ1) is 9.08. The van der Waals surface area contributed by atoms with Gasteiger partial charge in [0.05, 0.1) is 6.42 Å². The molecule has 0 spiro atoms. The lowest BCUT2D eigenvalue weighted by Gasteiger charge is -2.26. The van der Waals surface area contributed by atoms with E-state index >= 15 is 0 Å². The molecule has 0 heterocycles. The van der Waals surface area contributed by atoms with Crippen LogP contribution >= 0.6 is 0 Å². The lowest BCUT2D eigenvalue weighted by atomic mass is 9.79. The van der Waals surface area contributed by atoms with E-state index in [1.54, 1.807) is 0 Å². The number of carbonyl (C=O) groups is 2. The molecule has 1 fully saturated rings. The molecule has 0 atom stereocenters. The number of rotatable bonds is 8. The van der Waals surface area contributed by atoms with Gasteiger partial charge in [-0.1, -0.05) is 12.8 Å². The number of hydrogen-bond donors (Lipinski definition) is 2. The van der Waals surface area contributed by atoms with Gasteiger partial charge in [-0.05, 0) is 31.1 Å². The van der Waals surface area contributed by atoms with Crippen LogP contribution in [0, 0.1) is 17.8 Å². The Balaban J connectivity index is 2.32. The first-order valence-electron chi connectivity index (χ1n) is 7.00. The van der Waals surface area contributed by atoms with E-state index in [4.69, 9.17) is 11.5 Å². The quantitative estimate of drug-likeness (QED) is 0.523. The minimum Gasteiger partial charge on any atom is -0.481 e. The summed E-state index contributed by atoms with van der Waals surface area (Å²) in [4.78, 5) is 22.8. The van der Waals surface area contributed by atoms with Gasteiger partial charge in [-0.25, -0.2) is 0 Å². The zero-order chi connectivity index (χ0) is 14.1. The molecule has 4 heteroatoms. The fourth-order valence-electron chi connectivity index (χ4n) is 2.84. The van der Waals surface area contributed by atoms with Crippen LogP contribution in [0.2, 0.25) is 0 Å². The van der Waals surface area contributed by atoms with Crippen LogP contribution in [-0.2, 0) is 9.59 Å². The Morgan fingerprint density at radius 1 is 1.21 bits per heavy atom. The van der Waals surface area contributed by atoms with Gasteiger partial charge < -0.3 is 10.4 Å². The van der Waals surface area contributed by atoms with Gasteiger partial charge in [0.25, 0.3) is 0 Å². The predicted octanol–water partition coefficient (Wildman–Crippen LogP) is 2.33. The van der Waals surface area contributed by atoms with Crippen LogP contribution in [0.3, 0.4) is 0 Å². The second kappa shape index (κ2) is 7.83. The van der Waals surface area contributed by atoms with Gasteiger partial charge in [-0.3, -0.25) is 9.59 Å². The highest BCUT2D eigenvalue weighted by molar-refractivity contribution is 5.78. The average Bonchev–Trinajstić information content (AvgIpc) is 2.76. The predicted molar refractivity (Wildman–Crippen MR) is 73.5 cm³/mol. The minimum absolute atomic E-state index is 0.0242. The number of carboxylic acids is 1. The molecule has 106 valence electrons. The summed E-state index contributed by atoms with van der Waals surface area (Å²) in [6.45, 7) is 0.629. The molecule has 1 saturated carbocycles. The summed E-state index contributed by atoms with van der Waals surface area (Å²) in [5.41, 5.74) is -0.311. The van der Waals surface area contributed by atoms with Crippen molar-refractivity contribution in [3.8, 4) is 12.3 Å². The topological polar surface area (TPSA) is 66.4 Å². The number of aliphatic carboxylic acids is 1. The van der Waals surface area contributed by atoms with Crippen LogP contribution in [0.1, 0.15) is 57.8 Å². The molecule has 19 heavy (non-hydrogen) atoms. The molecule has 1 aliphatic carbocycles. The number of unbranched alkanes of at least 4 members (excludes halogenated alkanes) is 2.